The smallest absolute Gasteiger partial charge is 0.163 e. The molecule has 9 aromatic carbocycles. The Morgan fingerprint density at radius 1 is 0.273 bits per heavy atom. The van der Waals surface area contributed by atoms with Crippen molar-refractivity contribution in [2.45, 2.75) is 0 Å². The van der Waals surface area contributed by atoms with Gasteiger partial charge in [-0.2, -0.15) is 0 Å². The summed E-state index contributed by atoms with van der Waals surface area (Å²) in [7, 11) is 0. The Morgan fingerprint density at radius 3 is 1.33 bits per heavy atom. The summed E-state index contributed by atoms with van der Waals surface area (Å²) in [6, 6.07) is 71.6. The summed E-state index contributed by atoms with van der Waals surface area (Å²) in [6.07, 6.45) is 0. The van der Waals surface area contributed by atoms with Crippen molar-refractivity contribution < 1.29 is 0 Å². The van der Waals surface area contributed by atoms with Crippen LogP contribution in [0.4, 0.5) is 0 Å². The minimum absolute atomic E-state index is 0.704. The van der Waals surface area contributed by atoms with Crippen LogP contribution < -0.4 is 0 Å². The van der Waals surface area contributed by atoms with Crippen LogP contribution >= 0.6 is 0 Å². The van der Waals surface area contributed by atoms with E-state index in [0.29, 0.717) is 5.82 Å². The molecular formula is C52H33N3. The third-order valence-corrected chi connectivity index (χ3v) is 11.0. The van der Waals surface area contributed by atoms with Crippen LogP contribution in [-0.2, 0) is 0 Å². The summed E-state index contributed by atoms with van der Waals surface area (Å²) in [5, 5.41) is 9.94. The highest BCUT2D eigenvalue weighted by atomic mass is 15.1. The summed E-state index contributed by atoms with van der Waals surface area (Å²) < 4.78 is 2.26. The molecular weight excluding hydrogens is 667 g/mol. The van der Waals surface area contributed by atoms with Gasteiger partial charge in [-0.05, 0) is 78.3 Å². The average molecular weight is 700 g/mol. The van der Waals surface area contributed by atoms with Gasteiger partial charge in [0.2, 0.25) is 0 Å². The Hall–Kier alpha value is -7.36. The molecule has 0 saturated heterocycles. The molecule has 0 amide bonds. The number of nitrogens with zero attached hydrogens (tertiary/aromatic N) is 3. The van der Waals surface area contributed by atoms with Gasteiger partial charge in [-0.25, -0.2) is 9.97 Å². The van der Waals surface area contributed by atoms with Crippen LogP contribution in [0.2, 0.25) is 0 Å². The molecule has 3 nitrogen and oxygen atoms in total. The molecule has 0 aliphatic heterocycles. The van der Waals surface area contributed by atoms with E-state index in [0.717, 1.165) is 55.8 Å². The molecule has 11 aromatic rings. The second kappa shape index (κ2) is 12.6. The van der Waals surface area contributed by atoms with Gasteiger partial charge >= 0.3 is 0 Å². The SMILES string of the molecule is c1ccc(-c2nc(-c3cccc(-c4cccc(-c5ccc6c7ccccc7c7ccccc7c6c5)c4)c3)n3c(-c4ccccc4)c4ccccc4c3n2)cc1. The van der Waals surface area contributed by atoms with Crippen molar-refractivity contribution in [3.05, 3.63) is 200 Å². The van der Waals surface area contributed by atoms with Gasteiger partial charge in [-0.3, -0.25) is 4.40 Å². The molecule has 0 spiro atoms. The summed E-state index contributed by atoms with van der Waals surface area (Å²) in [6.45, 7) is 0. The molecule has 0 radical (unpaired) electrons. The molecule has 0 aliphatic carbocycles. The van der Waals surface area contributed by atoms with Gasteiger partial charge in [-0.1, -0.05) is 182 Å². The Kier molecular flexibility index (Phi) is 7.17. The van der Waals surface area contributed by atoms with E-state index in [1.165, 1.54) is 43.4 Å². The van der Waals surface area contributed by atoms with E-state index in [9.17, 15) is 0 Å². The van der Waals surface area contributed by atoms with Crippen LogP contribution in [0.15, 0.2) is 200 Å². The zero-order valence-corrected chi connectivity index (χ0v) is 29.9. The first-order chi connectivity index (χ1) is 27.3. The second-order valence-corrected chi connectivity index (χ2v) is 14.2. The molecule has 0 saturated carbocycles. The van der Waals surface area contributed by atoms with Crippen molar-refractivity contribution in [1.82, 2.24) is 14.4 Å². The maximum absolute atomic E-state index is 5.35. The topological polar surface area (TPSA) is 30.2 Å². The quantitative estimate of drug-likeness (QED) is 0.167. The summed E-state index contributed by atoms with van der Waals surface area (Å²) >= 11 is 0. The normalized spacial score (nSPS) is 11.6. The van der Waals surface area contributed by atoms with Crippen LogP contribution in [0.25, 0.3) is 105 Å². The number of benzene rings is 9. The third kappa shape index (κ3) is 5.13. The third-order valence-electron chi connectivity index (χ3n) is 11.0. The van der Waals surface area contributed by atoms with Crippen LogP contribution in [0.1, 0.15) is 0 Å². The van der Waals surface area contributed by atoms with E-state index in [1.807, 2.05) is 18.2 Å². The fraction of sp³-hybridized carbons (Fsp3) is 0. The van der Waals surface area contributed by atoms with Crippen molar-refractivity contribution >= 4 is 48.7 Å². The molecule has 3 heteroatoms. The lowest BCUT2D eigenvalue weighted by Gasteiger charge is -2.14. The minimum atomic E-state index is 0.704. The van der Waals surface area contributed by atoms with Crippen molar-refractivity contribution in [2.24, 2.45) is 0 Å². The predicted octanol–water partition coefficient (Wildman–Crippen LogP) is 13.7. The Bertz CT molecular complexity index is 3220. The predicted molar refractivity (Wildman–Crippen MR) is 230 cm³/mol. The number of aromatic nitrogens is 3. The van der Waals surface area contributed by atoms with Crippen molar-refractivity contribution in [3.63, 3.8) is 0 Å². The van der Waals surface area contributed by atoms with E-state index in [2.05, 4.69) is 186 Å². The number of hydrogen-bond donors (Lipinski definition) is 0. The van der Waals surface area contributed by atoms with E-state index >= 15 is 0 Å². The van der Waals surface area contributed by atoms with Crippen LogP contribution in [0.3, 0.4) is 0 Å². The Labute approximate surface area is 318 Å². The molecule has 0 unspecified atom stereocenters. The second-order valence-electron chi connectivity index (χ2n) is 14.2. The van der Waals surface area contributed by atoms with Crippen LogP contribution in [-0.4, -0.2) is 14.4 Å². The molecule has 256 valence electrons. The van der Waals surface area contributed by atoms with Crippen molar-refractivity contribution in [2.75, 3.05) is 0 Å². The van der Waals surface area contributed by atoms with E-state index in [4.69, 9.17) is 9.97 Å². The number of rotatable bonds is 5. The lowest BCUT2D eigenvalue weighted by atomic mass is 9.91. The van der Waals surface area contributed by atoms with E-state index in [-0.39, 0.29) is 0 Å². The number of fused-ring (bicyclic) bond motifs is 9. The molecule has 0 fully saturated rings. The van der Waals surface area contributed by atoms with Gasteiger partial charge in [0.05, 0.1) is 5.69 Å². The zero-order valence-electron chi connectivity index (χ0n) is 29.9. The molecule has 0 aliphatic rings. The summed E-state index contributed by atoms with van der Waals surface area (Å²) in [5.74, 6) is 1.56. The molecule has 0 N–H and O–H groups in total. The van der Waals surface area contributed by atoms with Gasteiger partial charge in [0.25, 0.3) is 0 Å². The lowest BCUT2D eigenvalue weighted by molar-refractivity contribution is 1.05. The standard InChI is InChI=1S/C52H33N3/c1-3-15-34(16-4-1)49-46-27-11-12-28-47(46)52-54-50(35-17-5-2-6-18-35)53-51(55(49)52)40-22-14-21-38(32-40)36-19-13-20-37(31-36)39-29-30-45-43-25-8-7-23-41(43)42-24-9-10-26-44(42)48(45)33-39/h1-33H. The molecule has 0 atom stereocenters. The fourth-order valence-corrected chi connectivity index (χ4v) is 8.42. The molecule has 11 rings (SSSR count). The fourth-order valence-electron chi connectivity index (χ4n) is 8.42. The van der Waals surface area contributed by atoms with E-state index < -0.39 is 0 Å². The van der Waals surface area contributed by atoms with E-state index in [1.54, 1.807) is 0 Å². The van der Waals surface area contributed by atoms with Gasteiger partial charge in [0.15, 0.2) is 5.82 Å². The Morgan fingerprint density at radius 2 is 0.709 bits per heavy atom. The number of hydrogen-bond acceptors (Lipinski definition) is 2. The average Bonchev–Trinajstić information content (AvgIpc) is 3.61. The first kappa shape index (κ1) is 31.2. The highest BCUT2D eigenvalue weighted by molar-refractivity contribution is 6.25. The largest absolute Gasteiger partial charge is 0.277 e. The summed E-state index contributed by atoms with van der Waals surface area (Å²) in [4.78, 5) is 10.6. The molecule has 0 bridgehead atoms. The highest BCUT2D eigenvalue weighted by Crippen LogP contribution is 2.40. The molecule has 2 aromatic heterocycles. The van der Waals surface area contributed by atoms with Gasteiger partial charge < -0.3 is 0 Å². The Balaban J connectivity index is 1.09. The van der Waals surface area contributed by atoms with Gasteiger partial charge in [-0.15, -0.1) is 0 Å². The van der Waals surface area contributed by atoms with Crippen molar-refractivity contribution in [1.29, 1.82) is 0 Å². The monoisotopic (exact) mass is 699 g/mol. The van der Waals surface area contributed by atoms with Gasteiger partial charge in [0.1, 0.15) is 11.5 Å². The van der Waals surface area contributed by atoms with Crippen LogP contribution in [0, 0.1) is 0 Å². The maximum atomic E-state index is 5.35. The highest BCUT2D eigenvalue weighted by Gasteiger charge is 2.21. The lowest BCUT2D eigenvalue weighted by Crippen LogP contribution is -2.03. The minimum Gasteiger partial charge on any atom is -0.277 e. The van der Waals surface area contributed by atoms with Gasteiger partial charge in [0, 0.05) is 21.9 Å². The molecule has 2 heterocycles. The zero-order chi connectivity index (χ0) is 36.3. The first-order valence-corrected chi connectivity index (χ1v) is 18.7. The first-order valence-electron chi connectivity index (χ1n) is 18.7. The summed E-state index contributed by atoms with van der Waals surface area (Å²) in [5.41, 5.74) is 9.76. The van der Waals surface area contributed by atoms with Crippen LogP contribution in [0.5, 0.6) is 0 Å². The van der Waals surface area contributed by atoms with Crippen molar-refractivity contribution in [3.8, 4) is 56.3 Å². The molecule has 55 heavy (non-hydrogen) atoms. The maximum Gasteiger partial charge on any atom is 0.163 e.